The zero-order valence-electron chi connectivity index (χ0n) is 15.9. The van der Waals surface area contributed by atoms with E-state index < -0.39 is 17.5 Å². The lowest BCUT2D eigenvalue weighted by Gasteiger charge is -2.15. The van der Waals surface area contributed by atoms with Crippen LogP contribution in [-0.2, 0) is 6.54 Å². The van der Waals surface area contributed by atoms with E-state index in [9.17, 15) is 13.2 Å². The van der Waals surface area contributed by atoms with Gasteiger partial charge in [-0.2, -0.15) is 5.10 Å². The smallest absolute Gasteiger partial charge is 0.186 e. The molecule has 0 aliphatic rings. The molecule has 0 spiro atoms. The Morgan fingerprint density at radius 1 is 1.00 bits per heavy atom. The van der Waals surface area contributed by atoms with Crippen molar-refractivity contribution in [3.05, 3.63) is 65.7 Å². The maximum Gasteiger partial charge on any atom is 0.186 e. The molecule has 2 aromatic carbocycles. The van der Waals surface area contributed by atoms with Crippen LogP contribution in [0.3, 0.4) is 0 Å². The summed E-state index contributed by atoms with van der Waals surface area (Å²) in [4.78, 5) is 8.50. The number of nitrogens with one attached hydrogen (secondary N) is 1. The Balaban J connectivity index is 1.81. The van der Waals surface area contributed by atoms with Gasteiger partial charge in [0, 0.05) is 12.7 Å². The average molecular weight is 397 g/mol. The highest BCUT2D eigenvalue weighted by Crippen LogP contribution is 2.33. The number of nitrogens with zero attached hydrogens (tertiary/aromatic N) is 4. The van der Waals surface area contributed by atoms with Crippen LogP contribution in [0, 0.1) is 24.4 Å². The molecule has 0 bridgehead atoms. The first-order chi connectivity index (χ1) is 14.0. The molecule has 0 saturated carbocycles. The molecule has 0 aliphatic carbocycles. The van der Waals surface area contributed by atoms with Crippen LogP contribution < -0.4 is 5.32 Å². The van der Waals surface area contributed by atoms with Crippen molar-refractivity contribution >= 4 is 22.5 Å². The highest BCUT2D eigenvalue weighted by molar-refractivity contribution is 5.82. The van der Waals surface area contributed by atoms with E-state index in [0.29, 0.717) is 35.0 Å². The largest absolute Gasteiger partial charge is 0.338 e. The van der Waals surface area contributed by atoms with Crippen molar-refractivity contribution in [1.29, 1.82) is 0 Å². The van der Waals surface area contributed by atoms with Gasteiger partial charge in [0.2, 0.25) is 0 Å². The average Bonchev–Trinajstić information content (AvgIpc) is 3.14. The summed E-state index contributed by atoms with van der Waals surface area (Å²) in [5.74, 6) is -2.10. The van der Waals surface area contributed by atoms with Gasteiger partial charge in [-0.25, -0.2) is 23.1 Å². The van der Waals surface area contributed by atoms with Gasteiger partial charge in [0.15, 0.2) is 17.5 Å². The van der Waals surface area contributed by atoms with Crippen LogP contribution in [-0.4, -0.2) is 19.7 Å². The minimum atomic E-state index is -1.04. The van der Waals surface area contributed by atoms with Crippen molar-refractivity contribution in [2.45, 2.75) is 26.8 Å². The number of halogens is 3. The lowest BCUT2D eigenvalue weighted by atomic mass is 10.1. The number of aryl methyl sites for hydroxylation is 2. The lowest BCUT2D eigenvalue weighted by Crippen LogP contribution is -2.06. The molecule has 1 N–H and O–H groups in total. The minimum absolute atomic E-state index is 0.145. The first-order valence-electron chi connectivity index (χ1n) is 9.19. The van der Waals surface area contributed by atoms with E-state index in [1.165, 1.54) is 12.1 Å². The van der Waals surface area contributed by atoms with Gasteiger partial charge in [-0.1, -0.05) is 13.0 Å². The molecule has 8 heteroatoms. The van der Waals surface area contributed by atoms with Crippen LogP contribution in [0.5, 0.6) is 0 Å². The fourth-order valence-electron chi connectivity index (χ4n) is 3.22. The normalized spacial score (nSPS) is 11.2. The summed E-state index contributed by atoms with van der Waals surface area (Å²) >= 11 is 0. The van der Waals surface area contributed by atoms with Gasteiger partial charge in [-0.15, -0.1) is 0 Å². The molecule has 0 unspecified atom stereocenters. The Labute approximate surface area is 165 Å². The zero-order valence-corrected chi connectivity index (χ0v) is 15.9. The van der Waals surface area contributed by atoms with Gasteiger partial charge in [-0.3, -0.25) is 4.68 Å². The summed E-state index contributed by atoms with van der Waals surface area (Å²) in [7, 11) is 0. The van der Waals surface area contributed by atoms with Crippen LogP contribution >= 0.6 is 0 Å². The summed E-state index contributed by atoms with van der Waals surface area (Å²) in [6.45, 7) is 4.29. The molecule has 0 fully saturated rings. The van der Waals surface area contributed by atoms with Crippen LogP contribution in [0.15, 0.2) is 42.6 Å². The zero-order chi connectivity index (χ0) is 20.5. The van der Waals surface area contributed by atoms with Crippen molar-refractivity contribution in [1.82, 2.24) is 19.7 Å². The molecule has 0 atom stereocenters. The molecule has 0 saturated heterocycles. The lowest BCUT2D eigenvalue weighted by molar-refractivity contribution is 0.515. The summed E-state index contributed by atoms with van der Waals surface area (Å²) in [6, 6.07) is 8.78. The van der Waals surface area contributed by atoms with Gasteiger partial charge in [-0.05, 0) is 43.7 Å². The van der Waals surface area contributed by atoms with Gasteiger partial charge in [0.05, 0.1) is 28.2 Å². The second kappa shape index (κ2) is 7.54. The summed E-state index contributed by atoms with van der Waals surface area (Å²) in [5, 5.41) is 7.36. The number of aromatic nitrogens is 4. The fraction of sp³-hybridized carbons (Fsp3) is 0.190. The molecule has 29 heavy (non-hydrogen) atoms. The summed E-state index contributed by atoms with van der Waals surface area (Å²) in [5.41, 5.74) is 1.87. The molecule has 0 aliphatic heterocycles. The number of fused-ring (bicyclic) bond motifs is 1. The first kappa shape index (κ1) is 18.9. The molecule has 4 rings (SSSR count). The van der Waals surface area contributed by atoms with Crippen molar-refractivity contribution in [2.24, 2.45) is 0 Å². The standard InChI is InChI=1S/C21H18F3N5/c1-3-11-29-17(9-10-25-29)18-13(22)5-4-6-15(18)27-21-12(2)26-20-16(28-21)8-7-14(23)19(20)24/h4-10H,3,11H2,1-2H3,(H,27,28). The highest BCUT2D eigenvalue weighted by atomic mass is 19.2. The number of anilines is 2. The Bertz CT molecular complexity index is 1200. The van der Waals surface area contributed by atoms with Crippen molar-refractivity contribution < 1.29 is 13.2 Å². The second-order valence-electron chi connectivity index (χ2n) is 6.61. The van der Waals surface area contributed by atoms with Crippen molar-refractivity contribution in [3.63, 3.8) is 0 Å². The Morgan fingerprint density at radius 2 is 1.83 bits per heavy atom. The summed E-state index contributed by atoms with van der Waals surface area (Å²) < 4.78 is 44.0. The second-order valence-corrected chi connectivity index (χ2v) is 6.61. The van der Waals surface area contributed by atoms with Gasteiger partial charge in [0.25, 0.3) is 0 Å². The fourth-order valence-corrected chi connectivity index (χ4v) is 3.22. The number of hydrogen-bond acceptors (Lipinski definition) is 4. The van der Waals surface area contributed by atoms with E-state index >= 15 is 0 Å². The van der Waals surface area contributed by atoms with Gasteiger partial charge >= 0.3 is 0 Å². The van der Waals surface area contributed by atoms with Crippen LogP contribution in [0.1, 0.15) is 19.0 Å². The van der Waals surface area contributed by atoms with Gasteiger partial charge in [0.1, 0.15) is 11.3 Å². The third-order valence-electron chi connectivity index (χ3n) is 4.58. The quantitative estimate of drug-likeness (QED) is 0.492. The Kier molecular flexibility index (Phi) is 4.92. The predicted molar refractivity (Wildman–Crippen MR) is 105 cm³/mol. The van der Waals surface area contributed by atoms with E-state index in [2.05, 4.69) is 20.4 Å². The topological polar surface area (TPSA) is 55.6 Å². The highest BCUT2D eigenvalue weighted by Gasteiger charge is 2.18. The predicted octanol–water partition coefficient (Wildman–Crippen LogP) is 5.37. The SMILES string of the molecule is CCCn1nccc1-c1c(F)cccc1Nc1nc2ccc(F)c(F)c2nc1C. The third-order valence-corrected chi connectivity index (χ3v) is 4.58. The van der Waals surface area contributed by atoms with Crippen LogP contribution in [0.2, 0.25) is 0 Å². The van der Waals surface area contributed by atoms with E-state index in [4.69, 9.17) is 0 Å². The van der Waals surface area contributed by atoms with E-state index in [-0.39, 0.29) is 11.0 Å². The number of hydrogen-bond donors (Lipinski definition) is 1. The van der Waals surface area contributed by atoms with E-state index in [1.54, 1.807) is 36.0 Å². The Hall–Kier alpha value is -3.42. The van der Waals surface area contributed by atoms with Crippen molar-refractivity contribution in [3.8, 4) is 11.3 Å². The molecular formula is C21H18F3N5. The molecule has 0 radical (unpaired) electrons. The molecule has 4 aromatic rings. The molecule has 148 valence electrons. The molecule has 2 aromatic heterocycles. The monoisotopic (exact) mass is 397 g/mol. The first-order valence-corrected chi connectivity index (χ1v) is 9.19. The molecular weight excluding hydrogens is 379 g/mol. The molecule has 5 nitrogen and oxygen atoms in total. The minimum Gasteiger partial charge on any atom is -0.338 e. The third kappa shape index (κ3) is 3.41. The van der Waals surface area contributed by atoms with Crippen LogP contribution in [0.4, 0.5) is 24.7 Å². The Morgan fingerprint density at radius 3 is 2.62 bits per heavy atom. The van der Waals surface area contributed by atoms with E-state index in [0.717, 1.165) is 12.5 Å². The maximum absolute atomic E-state index is 14.8. The van der Waals surface area contributed by atoms with Crippen molar-refractivity contribution in [2.75, 3.05) is 5.32 Å². The van der Waals surface area contributed by atoms with Gasteiger partial charge < -0.3 is 5.32 Å². The number of rotatable bonds is 5. The maximum atomic E-state index is 14.8. The molecule has 2 heterocycles. The number of benzene rings is 2. The summed E-state index contributed by atoms with van der Waals surface area (Å²) in [6.07, 6.45) is 2.48. The van der Waals surface area contributed by atoms with E-state index in [1.807, 2.05) is 6.92 Å². The molecule has 0 amide bonds. The van der Waals surface area contributed by atoms with Crippen LogP contribution in [0.25, 0.3) is 22.3 Å².